The van der Waals surface area contributed by atoms with Gasteiger partial charge in [-0.2, -0.15) is 0 Å². The third kappa shape index (κ3) is 1.75. The van der Waals surface area contributed by atoms with E-state index in [1.807, 2.05) is 0 Å². The van der Waals surface area contributed by atoms with Crippen molar-refractivity contribution in [2.75, 3.05) is 0 Å². The molecule has 2 atom stereocenters. The lowest BCUT2D eigenvalue weighted by atomic mass is 9.82. The summed E-state index contributed by atoms with van der Waals surface area (Å²) in [7, 11) is 0. The van der Waals surface area contributed by atoms with Gasteiger partial charge < -0.3 is 5.11 Å². The van der Waals surface area contributed by atoms with E-state index in [0.717, 1.165) is 12.8 Å². The number of rotatable bonds is 1. The molecule has 2 heterocycles. The van der Waals surface area contributed by atoms with Gasteiger partial charge in [0, 0.05) is 18.1 Å². The highest BCUT2D eigenvalue weighted by atomic mass is 16.3. The Balaban J connectivity index is 2.10. The summed E-state index contributed by atoms with van der Waals surface area (Å²) in [6.07, 6.45) is 5.96. The molecule has 2 aliphatic heterocycles. The van der Waals surface area contributed by atoms with Gasteiger partial charge in [0.1, 0.15) is 0 Å². The van der Waals surface area contributed by atoms with Crippen molar-refractivity contribution in [1.82, 2.24) is 4.90 Å². The average molecular weight is 183 g/mol. The highest BCUT2D eigenvalue weighted by Crippen LogP contribution is 2.35. The second-order valence-electron chi connectivity index (χ2n) is 4.90. The molecule has 1 N–H and O–H groups in total. The normalized spacial score (nSPS) is 41.1. The Labute approximate surface area is 80.9 Å². The largest absolute Gasteiger partial charge is 0.393 e. The number of hydrogen-bond donors (Lipinski definition) is 1. The summed E-state index contributed by atoms with van der Waals surface area (Å²) in [5, 5.41) is 9.69. The van der Waals surface area contributed by atoms with Crippen molar-refractivity contribution >= 4 is 0 Å². The van der Waals surface area contributed by atoms with Crippen molar-refractivity contribution in [3.63, 3.8) is 0 Å². The molecule has 2 fully saturated rings. The van der Waals surface area contributed by atoms with Gasteiger partial charge in [0.2, 0.25) is 0 Å². The average Bonchev–Trinajstić information content (AvgIpc) is 2.01. The molecule has 2 bridgehead atoms. The minimum Gasteiger partial charge on any atom is -0.393 e. The highest BCUT2D eigenvalue weighted by Gasteiger charge is 2.38. The van der Waals surface area contributed by atoms with Crippen LogP contribution in [0.15, 0.2) is 0 Å². The molecule has 0 amide bonds. The highest BCUT2D eigenvalue weighted by molar-refractivity contribution is 4.93. The topological polar surface area (TPSA) is 23.5 Å². The summed E-state index contributed by atoms with van der Waals surface area (Å²) in [6.45, 7) is 4.56. The third-order valence-corrected chi connectivity index (χ3v) is 3.60. The molecule has 0 spiro atoms. The predicted molar refractivity (Wildman–Crippen MR) is 53.6 cm³/mol. The van der Waals surface area contributed by atoms with Crippen LogP contribution in [0.3, 0.4) is 0 Å². The number of hydrogen-bond acceptors (Lipinski definition) is 2. The van der Waals surface area contributed by atoms with E-state index < -0.39 is 0 Å². The summed E-state index contributed by atoms with van der Waals surface area (Å²) in [6, 6.07) is 1.99. The van der Waals surface area contributed by atoms with Crippen molar-refractivity contribution in [3.05, 3.63) is 0 Å². The molecular formula is C11H21NO. The summed E-state index contributed by atoms with van der Waals surface area (Å²) in [5.41, 5.74) is 0. The number of aliphatic hydroxyl groups is 1. The molecule has 0 aliphatic carbocycles. The van der Waals surface area contributed by atoms with Gasteiger partial charge in [0.25, 0.3) is 0 Å². The Hall–Kier alpha value is -0.0800. The maximum Gasteiger partial charge on any atom is 0.0570 e. The molecule has 2 unspecified atom stereocenters. The molecular weight excluding hydrogens is 162 g/mol. The number of piperidine rings is 2. The van der Waals surface area contributed by atoms with Gasteiger partial charge in [-0.3, -0.25) is 4.90 Å². The SMILES string of the molecule is CC(C)N1C2CCCC1CC(O)C2. The Bertz CT molecular complexity index is 167. The molecule has 0 aromatic carbocycles. The number of fused-ring (bicyclic) bond motifs is 2. The van der Waals surface area contributed by atoms with Gasteiger partial charge in [-0.15, -0.1) is 0 Å². The van der Waals surface area contributed by atoms with Crippen molar-refractivity contribution < 1.29 is 5.11 Å². The van der Waals surface area contributed by atoms with E-state index in [4.69, 9.17) is 0 Å². The Kier molecular flexibility index (Phi) is 2.61. The van der Waals surface area contributed by atoms with Gasteiger partial charge in [0.05, 0.1) is 6.10 Å². The van der Waals surface area contributed by atoms with Crippen LogP contribution >= 0.6 is 0 Å². The van der Waals surface area contributed by atoms with Crippen LogP contribution < -0.4 is 0 Å². The zero-order valence-corrected chi connectivity index (χ0v) is 8.74. The van der Waals surface area contributed by atoms with Crippen LogP contribution in [0.1, 0.15) is 46.0 Å². The van der Waals surface area contributed by atoms with E-state index in [2.05, 4.69) is 18.7 Å². The standard InChI is InChI=1S/C11H21NO/c1-8(2)12-9-4-3-5-10(12)7-11(13)6-9/h8-11,13H,3-7H2,1-2H3. The van der Waals surface area contributed by atoms with Crippen LogP contribution in [-0.4, -0.2) is 34.2 Å². The Morgan fingerprint density at radius 1 is 1.15 bits per heavy atom. The number of nitrogens with zero attached hydrogens (tertiary/aromatic N) is 1. The molecule has 0 saturated carbocycles. The summed E-state index contributed by atoms with van der Waals surface area (Å²) in [5.74, 6) is 0. The van der Waals surface area contributed by atoms with Gasteiger partial charge in [-0.1, -0.05) is 6.42 Å². The van der Waals surface area contributed by atoms with Gasteiger partial charge in [-0.25, -0.2) is 0 Å². The minimum atomic E-state index is -0.0229. The zero-order valence-electron chi connectivity index (χ0n) is 8.74. The van der Waals surface area contributed by atoms with Crippen LogP contribution in [-0.2, 0) is 0 Å². The quantitative estimate of drug-likeness (QED) is 0.669. The number of aliphatic hydroxyl groups excluding tert-OH is 1. The smallest absolute Gasteiger partial charge is 0.0570 e. The molecule has 0 aromatic heterocycles. The van der Waals surface area contributed by atoms with Crippen molar-refractivity contribution in [1.29, 1.82) is 0 Å². The predicted octanol–water partition coefficient (Wildman–Crippen LogP) is 1.77. The maximum absolute atomic E-state index is 9.69. The second-order valence-corrected chi connectivity index (χ2v) is 4.90. The van der Waals surface area contributed by atoms with E-state index in [1.165, 1.54) is 19.3 Å². The first-order valence-electron chi connectivity index (χ1n) is 5.64. The van der Waals surface area contributed by atoms with Crippen molar-refractivity contribution in [2.45, 2.75) is 70.2 Å². The molecule has 2 nitrogen and oxygen atoms in total. The molecule has 0 aromatic rings. The molecule has 2 heteroatoms. The van der Waals surface area contributed by atoms with Crippen LogP contribution in [0.4, 0.5) is 0 Å². The van der Waals surface area contributed by atoms with E-state index in [1.54, 1.807) is 0 Å². The van der Waals surface area contributed by atoms with Crippen LogP contribution in [0.2, 0.25) is 0 Å². The lowest BCUT2D eigenvalue weighted by Gasteiger charge is -2.50. The minimum absolute atomic E-state index is 0.0229. The maximum atomic E-state index is 9.69. The van der Waals surface area contributed by atoms with Crippen LogP contribution in [0.25, 0.3) is 0 Å². The molecule has 76 valence electrons. The van der Waals surface area contributed by atoms with Crippen molar-refractivity contribution in [3.8, 4) is 0 Å². The molecule has 2 aliphatic rings. The summed E-state index contributed by atoms with van der Waals surface area (Å²) >= 11 is 0. The first-order valence-corrected chi connectivity index (χ1v) is 5.64. The van der Waals surface area contributed by atoms with Gasteiger partial charge >= 0.3 is 0 Å². The van der Waals surface area contributed by atoms with Crippen LogP contribution in [0, 0.1) is 0 Å². The Morgan fingerprint density at radius 3 is 2.15 bits per heavy atom. The third-order valence-electron chi connectivity index (χ3n) is 3.60. The molecule has 2 rings (SSSR count). The summed E-state index contributed by atoms with van der Waals surface area (Å²) in [4.78, 5) is 2.64. The second kappa shape index (κ2) is 3.58. The molecule has 2 saturated heterocycles. The van der Waals surface area contributed by atoms with Gasteiger partial charge in [0.15, 0.2) is 0 Å². The zero-order chi connectivity index (χ0) is 9.42. The Morgan fingerprint density at radius 2 is 1.69 bits per heavy atom. The lowest BCUT2D eigenvalue weighted by Crippen LogP contribution is -2.56. The molecule has 0 radical (unpaired) electrons. The van der Waals surface area contributed by atoms with E-state index in [9.17, 15) is 5.11 Å². The fourth-order valence-electron chi connectivity index (χ4n) is 3.23. The first kappa shape index (κ1) is 9.47. The first-order chi connectivity index (χ1) is 6.18. The monoisotopic (exact) mass is 183 g/mol. The summed E-state index contributed by atoms with van der Waals surface area (Å²) < 4.78 is 0. The lowest BCUT2D eigenvalue weighted by molar-refractivity contribution is -0.0429. The van der Waals surface area contributed by atoms with E-state index in [-0.39, 0.29) is 6.10 Å². The van der Waals surface area contributed by atoms with E-state index >= 15 is 0 Å². The van der Waals surface area contributed by atoms with Gasteiger partial charge in [-0.05, 0) is 39.5 Å². The van der Waals surface area contributed by atoms with Crippen molar-refractivity contribution in [2.24, 2.45) is 0 Å². The molecule has 13 heavy (non-hydrogen) atoms. The fourth-order valence-corrected chi connectivity index (χ4v) is 3.23. The fraction of sp³-hybridized carbons (Fsp3) is 1.00. The van der Waals surface area contributed by atoms with E-state index in [0.29, 0.717) is 18.1 Å². The van der Waals surface area contributed by atoms with Crippen LogP contribution in [0.5, 0.6) is 0 Å².